The van der Waals surface area contributed by atoms with E-state index in [1.54, 1.807) is 0 Å². The van der Waals surface area contributed by atoms with Gasteiger partial charge in [-0.25, -0.2) is 0 Å². The fourth-order valence-electron chi connectivity index (χ4n) is 4.66. The van der Waals surface area contributed by atoms with Crippen molar-refractivity contribution in [1.29, 1.82) is 0 Å². The van der Waals surface area contributed by atoms with Crippen molar-refractivity contribution < 1.29 is 4.43 Å². The Bertz CT molecular complexity index is 778. The molecule has 29 heavy (non-hydrogen) atoms. The van der Waals surface area contributed by atoms with Gasteiger partial charge in [-0.2, -0.15) is 0 Å². The van der Waals surface area contributed by atoms with Crippen LogP contribution in [0.15, 0.2) is 60.7 Å². The van der Waals surface area contributed by atoms with E-state index in [-0.39, 0.29) is 5.92 Å². The standard InChI is InChI=1S/C25H34Cl2OSi/c1-18(2)29(19(3)4,20(5)6)28-16-10-13-23(21-11-8-7-9-12-21)22-14-15-24(26)25(27)17-22/h7-15,17-20,23H,16H2,1-6H3/b13-10+/t23-/m1/s1. The average molecular weight is 450 g/mol. The van der Waals surface area contributed by atoms with Gasteiger partial charge in [0, 0.05) is 5.92 Å². The van der Waals surface area contributed by atoms with E-state index in [1.165, 1.54) is 5.56 Å². The maximum Gasteiger partial charge on any atom is 0.200 e. The monoisotopic (exact) mass is 448 g/mol. The Kier molecular flexibility index (Phi) is 9.03. The molecule has 4 heteroatoms. The topological polar surface area (TPSA) is 9.23 Å². The van der Waals surface area contributed by atoms with Crippen LogP contribution >= 0.6 is 23.2 Å². The molecule has 158 valence electrons. The number of halogens is 2. The van der Waals surface area contributed by atoms with E-state index in [0.29, 0.717) is 33.3 Å². The van der Waals surface area contributed by atoms with Gasteiger partial charge >= 0.3 is 0 Å². The van der Waals surface area contributed by atoms with E-state index in [4.69, 9.17) is 27.6 Å². The molecule has 0 amide bonds. The molecule has 2 rings (SSSR count). The lowest BCUT2D eigenvalue weighted by Gasteiger charge is -2.41. The van der Waals surface area contributed by atoms with Crippen LogP contribution in [0.1, 0.15) is 58.6 Å². The van der Waals surface area contributed by atoms with E-state index in [0.717, 1.165) is 5.56 Å². The van der Waals surface area contributed by atoms with Crippen LogP contribution in [0.4, 0.5) is 0 Å². The summed E-state index contributed by atoms with van der Waals surface area (Å²) < 4.78 is 6.68. The molecule has 2 aromatic carbocycles. The van der Waals surface area contributed by atoms with Crippen LogP contribution in [0.5, 0.6) is 0 Å². The van der Waals surface area contributed by atoms with Crippen molar-refractivity contribution >= 4 is 31.5 Å². The molecule has 1 nitrogen and oxygen atoms in total. The second-order valence-corrected chi connectivity index (χ2v) is 14.9. The number of allylic oxidation sites excluding steroid dienone is 1. The Morgan fingerprint density at radius 2 is 1.38 bits per heavy atom. The normalized spacial score (nSPS) is 13.8. The minimum absolute atomic E-state index is 0.114. The smallest absolute Gasteiger partial charge is 0.200 e. The van der Waals surface area contributed by atoms with Gasteiger partial charge in [0.1, 0.15) is 0 Å². The molecular formula is C25H34Cl2OSi. The molecule has 0 bridgehead atoms. The van der Waals surface area contributed by atoms with Gasteiger partial charge in [0.25, 0.3) is 0 Å². The lowest BCUT2D eigenvalue weighted by Crippen LogP contribution is -2.47. The lowest BCUT2D eigenvalue weighted by molar-refractivity contribution is 0.316. The maximum absolute atomic E-state index is 6.68. The second kappa shape index (κ2) is 10.8. The number of rotatable bonds is 9. The van der Waals surface area contributed by atoms with Gasteiger partial charge in [0.2, 0.25) is 8.32 Å². The molecule has 0 aromatic heterocycles. The van der Waals surface area contributed by atoms with Crippen LogP contribution in [0.3, 0.4) is 0 Å². The van der Waals surface area contributed by atoms with Gasteiger partial charge in [0.05, 0.1) is 16.7 Å². The summed E-state index contributed by atoms with van der Waals surface area (Å²) in [6.45, 7) is 14.6. The first-order chi connectivity index (χ1) is 13.7. The number of benzene rings is 2. The summed E-state index contributed by atoms with van der Waals surface area (Å²) in [5.41, 5.74) is 4.09. The predicted molar refractivity (Wildman–Crippen MR) is 131 cm³/mol. The minimum Gasteiger partial charge on any atom is -0.412 e. The molecule has 0 aliphatic rings. The SMILES string of the molecule is CC(C)[Si](OC/C=C/[C@H](c1ccccc1)c1ccc(Cl)c(Cl)c1)(C(C)C)C(C)C. The molecule has 0 aliphatic heterocycles. The van der Waals surface area contributed by atoms with Crippen LogP contribution in [0.2, 0.25) is 26.7 Å². The third-order valence-electron chi connectivity index (χ3n) is 5.93. The summed E-state index contributed by atoms with van der Waals surface area (Å²) in [4.78, 5) is 0. The molecule has 0 radical (unpaired) electrons. The van der Waals surface area contributed by atoms with Gasteiger partial charge < -0.3 is 4.43 Å². The van der Waals surface area contributed by atoms with Crippen molar-refractivity contribution in [3.63, 3.8) is 0 Å². The highest BCUT2D eigenvalue weighted by Crippen LogP contribution is 2.42. The Morgan fingerprint density at radius 1 is 0.793 bits per heavy atom. The van der Waals surface area contributed by atoms with Crippen molar-refractivity contribution in [1.82, 2.24) is 0 Å². The first-order valence-corrected chi connectivity index (χ1v) is 13.4. The Hall–Kier alpha value is -1.06. The Balaban J connectivity index is 2.27. The zero-order valence-electron chi connectivity index (χ0n) is 18.5. The molecule has 2 aromatic rings. The van der Waals surface area contributed by atoms with Gasteiger partial charge in [-0.15, -0.1) is 0 Å². The molecule has 0 saturated heterocycles. The van der Waals surface area contributed by atoms with Crippen molar-refractivity contribution in [3.8, 4) is 0 Å². The lowest BCUT2D eigenvalue weighted by atomic mass is 9.91. The molecule has 1 atom stereocenters. The van der Waals surface area contributed by atoms with Crippen molar-refractivity contribution in [2.24, 2.45) is 0 Å². The highest BCUT2D eigenvalue weighted by atomic mass is 35.5. The summed E-state index contributed by atoms with van der Waals surface area (Å²) in [7, 11) is -1.86. The van der Waals surface area contributed by atoms with Gasteiger partial charge in [-0.1, -0.05) is 113 Å². The molecule has 0 aliphatic carbocycles. The zero-order chi connectivity index (χ0) is 21.6. The van der Waals surface area contributed by atoms with Gasteiger partial charge in [0.15, 0.2) is 0 Å². The van der Waals surface area contributed by atoms with E-state index < -0.39 is 8.32 Å². The molecule has 0 N–H and O–H groups in total. The average Bonchev–Trinajstić information content (AvgIpc) is 2.67. The first kappa shape index (κ1) is 24.2. The quantitative estimate of drug-likeness (QED) is 0.274. The Morgan fingerprint density at radius 3 is 1.90 bits per heavy atom. The Labute approximate surface area is 188 Å². The van der Waals surface area contributed by atoms with Crippen molar-refractivity contribution in [3.05, 3.63) is 81.9 Å². The van der Waals surface area contributed by atoms with Crippen molar-refractivity contribution in [2.75, 3.05) is 6.61 Å². The highest BCUT2D eigenvalue weighted by molar-refractivity contribution is 6.77. The zero-order valence-corrected chi connectivity index (χ0v) is 21.0. The van der Waals surface area contributed by atoms with E-state index in [9.17, 15) is 0 Å². The summed E-state index contributed by atoms with van der Waals surface area (Å²) >= 11 is 12.4. The van der Waals surface area contributed by atoms with Gasteiger partial charge in [-0.05, 0) is 39.9 Å². The van der Waals surface area contributed by atoms with Crippen LogP contribution < -0.4 is 0 Å². The molecule has 0 spiro atoms. The van der Waals surface area contributed by atoms with Crippen molar-refractivity contribution in [2.45, 2.75) is 64.1 Å². The molecule has 0 saturated carbocycles. The molecular weight excluding hydrogens is 415 g/mol. The summed E-state index contributed by atoms with van der Waals surface area (Å²) in [5, 5.41) is 1.16. The maximum atomic E-state index is 6.68. The number of hydrogen-bond acceptors (Lipinski definition) is 1. The molecule has 0 fully saturated rings. The van der Waals surface area contributed by atoms with Crippen LogP contribution in [0.25, 0.3) is 0 Å². The number of hydrogen-bond donors (Lipinski definition) is 0. The summed E-state index contributed by atoms with van der Waals surface area (Å²) in [5.74, 6) is 0.114. The summed E-state index contributed by atoms with van der Waals surface area (Å²) in [6.07, 6.45) is 4.41. The van der Waals surface area contributed by atoms with Crippen LogP contribution in [0, 0.1) is 0 Å². The predicted octanol–water partition coefficient (Wildman–Crippen LogP) is 8.87. The molecule has 0 unspecified atom stereocenters. The third kappa shape index (κ3) is 5.76. The van der Waals surface area contributed by atoms with Crippen LogP contribution in [-0.4, -0.2) is 14.9 Å². The second-order valence-electron chi connectivity index (χ2n) is 8.62. The van der Waals surface area contributed by atoms with E-state index >= 15 is 0 Å². The fourth-order valence-corrected chi connectivity index (χ4v) is 10.4. The third-order valence-corrected chi connectivity index (χ3v) is 12.7. The van der Waals surface area contributed by atoms with Crippen LogP contribution in [-0.2, 0) is 4.43 Å². The minimum atomic E-state index is -1.86. The molecule has 0 heterocycles. The first-order valence-electron chi connectivity index (χ1n) is 10.5. The largest absolute Gasteiger partial charge is 0.412 e. The summed E-state index contributed by atoms with van der Waals surface area (Å²) in [6, 6.07) is 16.3. The van der Waals surface area contributed by atoms with Gasteiger partial charge in [-0.3, -0.25) is 0 Å². The van der Waals surface area contributed by atoms with E-state index in [2.05, 4.69) is 78.0 Å². The van der Waals surface area contributed by atoms with E-state index in [1.807, 2.05) is 24.3 Å². The fraction of sp³-hybridized carbons (Fsp3) is 0.440. The highest BCUT2D eigenvalue weighted by Gasteiger charge is 2.44.